The van der Waals surface area contributed by atoms with Crippen LogP contribution in [-0.2, 0) is 0 Å². The Balaban J connectivity index is 1.98. The van der Waals surface area contributed by atoms with Gasteiger partial charge >= 0.3 is 0 Å². The first-order valence-electron chi connectivity index (χ1n) is 7.24. The van der Waals surface area contributed by atoms with Crippen LogP contribution in [-0.4, -0.2) is 24.6 Å². The van der Waals surface area contributed by atoms with Crippen LogP contribution in [0.1, 0.15) is 0 Å². The topological polar surface area (TPSA) is 83.8 Å². The maximum absolute atomic E-state index is 15.2. The number of nitrogens with one attached hydrogen (secondary N) is 1. The fourth-order valence-electron chi connectivity index (χ4n) is 2.67. The van der Waals surface area contributed by atoms with Crippen LogP contribution in [0.4, 0.5) is 4.39 Å². The van der Waals surface area contributed by atoms with Gasteiger partial charge in [-0.2, -0.15) is 0 Å². The molecule has 0 saturated carbocycles. The Hall–Kier alpha value is -3.19. The highest BCUT2D eigenvalue weighted by atomic mass is 35.5. The second-order valence-corrected chi connectivity index (χ2v) is 5.73. The molecule has 4 aromatic heterocycles. The molecule has 0 unspecified atom stereocenters. The van der Waals surface area contributed by atoms with E-state index in [-0.39, 0.29) is 11.4 Å². The highest BCUT2D eigenvalue weighted by Gasteiger charge is 2.18. The molecule has 0 spiro atoms. The number of pyridine rings is 3. The van der Waals surface area contributed by atoms with Gasteiger partial charge in [0, 0.05) is 47.4 Å². The smallest absolute Gasteiger partial charge is 0.223 e. The normalized spacial score (nSPS) is 11.1. The Morgan fingerprint density at radius 1 is 1.24 bits per heavy atom. The van der Waals surface area contributed by atoms with Crippen molar-refractivity contribution in [2.45, 2.75) is 0 Å². The van der Waals surface area contributed by atoms with Crippen molar-refractivity contribution in [1.29, 1.82) is 0 Å². The van der Waals surface area contributed by atoms with E-state index in [2.05, 4.69) is 15.0 Å². The minimum Gasteiger partial charge on any atom is -0.503 e. The van der Waals surface area contributed by atoms with Gasteiger partial charge in [0.1, 0.15) is 5.65 Å². The lowest BCUT2D eigenvalue weighted by Crippen LogP contribution is -2.07. The van der Waals surface area contributed by atoms with E-state index in [1.54, 1.807) is 12.3 Å². The van der Waals surface area contributed by atoms with Gasteiger partial charge in [0.25, 0.3) is 0 Å². The van der Waals surface area contributed by atoms with Gasteiger partial charge < -0.3 is 14.7 Å². The molecule has 0 fully saturated rings. The van der Waals surface area contributed by atoms with Crippen LogP contribution in [0.5, 0.6) is 5.75 Å². The molecule has 2 N–H and O–H groups in total. The number of nitrogens with zero attached hydrogens (tertiary/aromatic N) is 3. The molecule has 0 bridgehead atoms. The molecular formula is C17H10ClFN4O2. The van der Waals surface area contributed by atoms with Gasteiger partial charge in [-0.3, -0.25) is 4.79 Å². The van der Waals surface area contributed by atoms with Gasteiger partial charge in [-0.05, 0) is 12.1 Å². The van der Waals surface area contributed by atoms with Crippen molar-refractivity contribution in [2.75, 3.05) is 0 Å². The molecule has 25 heavy (non-hydrogen) atoms. The Labute approximate surface area is 145 Å². The Morgan fingerprint density at radius 3 is 2.88 bits per heavy atom. The summed E-state index contributed by atoms with van der Waals surface area (Å²) in [5, 5.41) is 10.5. The second kappa shape index (κ2) is 5.71. The summed E-state index contributed by atoms with van der Waals surface area (Å²) in [7, 11) is 0. The van der Waals surface area contributed by atoms with Crippen molar-refractivity contribution in [3.63, 3.8) is 0 Å². The molecule has 4 rings (SSSR count). The lowest BCUT2D eigenvalue weighted by Gasteiger charge is -2.12. The zero-order valence-corrected chi connectivity index (χ0v) is 13.3. The first-order chi connectivity index (χ1) is 12.1. The number of aromatic nitrogens is 4. The van der Waals surface area contributed by atoms with E-state index in [0.717, 1.165) is 12.3 Å². The molecule has 0 aromatic carbocycles. The molecule has 6 nitrogen and oxygen atoms in total. The molecule has 0 aliphatic rings. The SMILES string of the molecule is O=c1ccn(-c2nccc(-c3c(Cl)cnc4[nH]ccc34)c2F)cc1O. The minimum absolute atomic E-state index is 0.0654. The summed E-state index contributed by atoms with van der Waals surface area (Å²) in [4.78, 5) is 22.5. The number of H-pyrrole nitrogens is 1. The first kappa shape index (κ1) is 15.3. The standard InChI is InChI=1S/C17H10ClFN4O2/c18-11-7-22-16-10(2-4-20-16)14(11)9-1-5-21-17(15(9)19)23-6-3-12(24)13(25)8-23/h1-8,25H,(H,20,22). The number of halogens is 2. The van der Waals surface area contributed by atoms with Crippen molar-refractivity contribution < 1.29 is 9.50 Å². The maximum Gasteiger partial charge on any atom is 0.223 e. The van der Waals surface area contributed by atoms with Crippen molar-refractivity contribution >= 4 is 22.6 Å². The molecule has 0 aliphatic heterocycles. The number of hydrogen-bond acceptors (Lipinski definition) is 4. The van der Waals surface area contributed by atoms with Crippen LogP contribution < -0.4 is 5.43 Å². The quantitative estimate of drug-likeness (QED) is 0.577. The lowest BCUT2D eigenvalue weighted by atomic mass is 10.0. The van der Waals surface area contributed by atoms with E-state index in [9.17, 15) is 9.90 Å². The molecular weight excluding hydrogens is 347 g/mol. The van der Waals surface area contributed by atoms with E-state index in [0.29, 0.717) is 21.6 Å². The lowest BCUT2D eigenvalue weighted by molar-refractivity contribution is 0.464. The summed E-state index contributed by atoms with van der Waals surface area (Å²) in [6.45, 7) is 0. The Morgan fingerprint density at radius 2 is 2.08 bits per heavy atom. The van der Waals surface area contributed by atoms with E-state index in [1.807, 2.05) is 0 Å². The van der Waals surface area contributed by atoms with Gasteiger partial charge in [-0.1, -0.05) is 11.6 Å². The zero-order chi connectivity index (χ0) is 17.6. The molecule has 0 atom stereocenters. The van der Waals surface area contributed by atoms with E-state index in [1.165, 1.54) is 29.2 Å². The predicted molar refractivity (Wildman–Crippen MR) is 91.6 cm³/mol. The van der Waals surface area contributed by atoms with Crippen LogP contribution in [0.15, 0.2) is 54.0 Å². The highest BCUT2D eigenvalue weighted by Crippen LogP contribution is 2.36. The van der Waals surface area contributed by atoms with Crippen LogP contribution in [0.3, 0.4) is 0 Å². The van der Waals surface area contributed by atoms with Gasteiger partial charge in [0.05, 0.1) is 11.2 Å². The summed E-state index contributed by atoms with van der Waals surface area (Å²) in [5.41, 5.74) is 0.747. The maximum atomic E-state index is 15.2. The van der Waals surface area contributed by atoms with Gasteiger partial charge in [0.2, 0.25) is 5.43 Å². The van der Waals surface area contributed by atoms with Crippen LogP contribution in [0.2, 0.25) is 5.02 Å². The minimum atomic E-state index is -0.638. The van der Waals surface area contributed by atoms with Crippen LogP contribution in [0, 0.1) is 5.82 Å². The number of fused-ring (bicyclic) bond motifs is 1. The summed E-state index contributed by atoms with van der Waals surface area (Å²) >= 11 is 6.26. The summed E-state index contributed by atoms with van der Waals surface area (Å²) in [6.07, 6.45) is 7.00. The van der Waals surface area contributed by atoms with Crippen molar-refractivity contribution in [1.82, 2.24) is 19.5 Å². The number of rotatable bonds is 2. The molecule has 0 amide bonds. The van der Waals surface area contributed by atoms with Gasteiger partial charge in [-0.25, -0.2) is 14.4 Å². The molecule has 8 heteroatoms. The highest BCUT2D eigenvalue weighted by molar-refractivity contribution is 6.34. The van der Waals surface area contributed by atoms with E-state index >= 15 is 4.39 Å². The summed E-state index contributed by atoms with van der Waals surface area (Å²) in [5.74, 6) is -1.20. The zero-order valence-electron chi connectivity index (χ0n) is 12.6. The van der Waals surface area contributed by atoms with Crippen LogP contribution >= 0.6 is 11.6 Å². The number of aromatic amines is 1. The van der Waals surface area contributed by atoms with Crippen LogP contribution in [0.25, 0.3) is 28.0 Å². The Kier molecular flexibility index (Phi) is 3.51. The number of hydrogen-bond donors (Lipinski definition) is 2. The molecule has 4 aromatic rings. The first-order valence-corrected chi connectivity index (χ1v) is 7.62. The third-order valence-corrected chi connectivity index (χ3v) is 4.11. The van der Waals surface area contributed by atoms with Crippen molar-refractivity contribution in [3.05, 3.63) is 70.2 Å². The van der Waals surface area contributed by atoms with Gasteiger partial charge in [0.15, 0.2) is 17.4 Å². The molecule has 0 saturated heterocycles. The summed E-state index contributed by atoms with van der Waals surface area (Å²) in [6, 6.07) is 4.40. The predicted octanol–water partition coefficient (Wildman–Crippen LogP) is 3.27. The molecule has 0 radical (unpaired) electrons. The third kappa shape index (κ3) is 2.45. The van der Waals surface area contributed by atoms with E-state index in [4.69, 9.17) is 11.6 Å². The molecule has 4 heterocycles. The largest absolute Gasteiger partial charge is 0.503 e. The van der Waals surface area contributed by atoms with Gasteiger partial charge in [-0.15, -0.1) is 0 Å². The van der Waals surface area contributed by atoms with E-state index < -0.39 is 17.0 Å². The fourth-order valence-corrected chi connectivity index (χ4v) is 2.92. The average Bonchev–Trinajstić information content (AvgIpc) is 3.07. The monoisotopic (exact) mass is 356 g/mol. The number of aromatic hydroxyl groups is 1. The second-order valence-electron chi connectivity index (χ2n) is 5.32. The average molecular weight is 357 g/mol. The molecule has 0 aliphatic carbocycles. The molecule has 124 valence electrons. The third-order valence-electron chi connectivity index (χ3n) is 3.83. The van der Waals surface area contributed by atoms with Crippen molar-refractivity contribution in [2.24, 2.45) is 0 Å². The van der Waals surface area contributed by atoms with Crippen molar-refractivity contribution in [3.8, 4) is 22.7 Å². The summed E-state index contributed by atoms with van der Waals surface area (Å²) < 4.78 is 16.4. The Bertz CT molecular complexity index is 1170. The fraction of sp³-hybridized carbons (Fsp3) is 0.